The fourth-order valence-electron chi connectivity index (χ4n) is 2.36. The maximum atomic E-state index is 13.5. The molecule has 1 N–H and O–H groups in total. The third-order valence-corrected chi connectivity index (χ3v) is 3.70. The van der Waals surface area contributed by atoms with E-state index in [9.17, 15) is 14.3 Å². The average Bonchev–Trinajstić information content (AvgIpc) is 2.89. The number of aliphatic hydroxyl groups excluding tert-OH is 1. The summed E-state index contributed by atoms with van der Waals surface area (Å²) in [6.07, 6.45) is 0.380. The molecular formula is C15H20FNO3. The molecule has 0 saturated carbocycles. The van der Waals surface area contributed by atoms with Crippen LogP contribution in [0.3, 0.4) is 0 Å². The lowest BCUT2D eigenvalue weighted by Crippen LogP contribution is -2.34. The Hall–Kier alpha value is -1.62. The van der Waals surface area contributed by atoms with Gasteiger partial charge >= 0.3 is 0 Å². The smallest absolute Gasteiger partial charge is 0.260 e. The number of carbonyl (C=O) groups excluding carboxylic acids is 1. The van der Waals surface area contributed by atoms with E-state index in [0.717, 1.165) is 12.0 Å². The van der Waals surface area contributed by atoms with Gasteiger partial charge in [0, 0.05) is 19.0 Å². The Labute approximate surface area is 118 Å². The van der Waals surface area contributed by atoms with Crippen molar-refractivity contribution < 1.29 is 19.0 Å². The first kappa shape index (κ1) is 14.8. The quantitative estimate of drug-likeness (QED) is 0.914. The van der Waals surface area contributed by atoms with Crippen molar-refractivity contribution in [1.82, 2.24) is 4.90 Å². The second-order valence-corrected chi connectivity index (χ2v) is 5.35. The molecule has 2 atom stereocenters. The van der Waals surface area contributed by atoms with Gasteiger partial charge in [-0.1, -0.05) is 6.07 Å². The predicted octanol–water partition coefficient (Wildman–Crippen LogP) is 1.74. The number of likely N-dealkylation sites (tertiary alicyclic amines) is 1. The number of amides is 1. The molecule has 1 amide bonds. The zero-order valence-electron chi connectivity index (χ0n) is 11.8. The number of benzene rings is 1. The van der Waals surface area contributed by atoms with Gasteiger partial charge in [0.2, 0.25) is 0 Å². The van der Waals surface area contributed by atoms with Crippen molar-refractivity contribution in [1.29, 1.82) is 0 Å². The van der Waals surface area contributed by atoms with Crippen LogP contribution in [-0.2, 0) is 4.79 Å². The Kier molecular flexibility index (Phi) is 4.60. The molecule has 1 aliphatic rings. The number of nitrogens with zero attached hydrogens (tertiary/aromatic N) is 1. The van der Waals surface area contributed by atoms with Crippen LogP contribution < -0.4 is 4.74 Å². The Balaban J connectivity index is 1.88. The third-order valence-electron chi connectivity index (χ3n) is 3.70. The number of halogens is 1. The molecule has 20 heavy (non-hydrogen) atoms. The van der Waals surface area contributed by atoms with Crippen molar-refractivity contribution in [2.24, 2.45) is 5.92 Å². The van der Waals surface area contributed by atoms with Gasteiger partial charge in [-0.2, -0.15) is 0 Å². The van der Waals surface area contributed by atoms with Crippen LogP contribution in [0.2, 0.25) is 0 Å². The highest BCUT2D eigenvalue weighted by Gasteiger charge is 2.29. The number of aliphatic hydroxyl groups is 1. The fourth-order valence-corrected chi connectivity index (χ4v) is 2.36. The minimum Gasteiger partial charge on any atom is -0.481 e. The Morgan fingerprint density at radius 2 is 2.35 bits per heavy atom. The monoisotopic (exact) mass is 281 g/mol. The van der Waals surface area contributed by atoms with Crippen molar-refractivity contribution in [2.75, 3.05) is 19.7 Å². The van der Waals surface area contributed by atoms with Gasteiger partial charge in [-0.3, -0.25) is 4.79 Å². The van der Waals surface area contributed by atoms with Crippen LogP contribution in [-0.4, -0.2) is 41.7 Å². The largest absolute Gasteiger partial charge is 0.481 e. The predicted molar refractivity (Wildman–Crippen MR) is 73.0 cm³/mol. The van der Waals surface area contributed by atoms with Gasteiger partial charge in [0.05, 0.1) is 6.10 Å². The maximum absolute atomic E-state index is 13.5. The van der Waals surface area contributed by atoms with Crippen molar-refractivity contribution in [3.8, 4) is 5.75 Å². The Bertz CT molecular complexity index is 490. The van der Waals surface area contributed by atoms with Gasteiger partial charge in [-0.25, -0.2) is 4.39 Å². The van der Waals surface area contributed by atoms with Crippen LogP contribution in [0.15, 0.2) is 18.2 Å². The minimum atomic E-state index is -0.466. The summed E-state index contributed by atoms with van der Waals surface area (Å²) in [6.45, 7) is 4.55. The molecule has 0 bridgehead atoms. The Morgan fingerprint density at radius 3 is 3.00 bits per heavy atom. The molecule has 1 fully saturated rings. The molecule has 1 heterocycles. The first-order valence-corrected chi connectivity index (χ1v) is 6.82. The summed E-state index contributed by atoms with van der Waals surface area (Å²) in [5.41, 5.74) is 0.879. The van der Waals surface area contributed by atoms with Crippen LogP contribution in [0.4, 0.5) is 4.39 Å². The van der Waals surface area contributed by atoms with Crippen LogP contribution >= 0.6 is 0 Å². The first-order chi connectivity index (χ1) is 9.47. The molecule has 5 heteroatoms. The van der Waals surface area contributed by atoms with Gasteiger partial charge in [0.15, 0.2) is 18.2 Å². The van der Waals surface area contributed by atoms with E-state index < -0.39 is 11.9 Å². The van der Waals surface area contributed by atoms with Crippen molar-refractivity contribution >= 4 is 5.91 Å². The molecule has 110 valence electrons. The topological polar surface area (TPSA) is 49.8 Å². The van der Waals surface area contributed by atoms with Crippen LogP contribution in [0.1, 0.15) is 18.9 Å². The zero-order valence-corrected chi connectivity index (χ0v) is 11.8. The second kappa shape index (κ2) is 6.22. The van der Waals surface area contributed by atoms with E-state index >= 15 is 0 Å². The lowest BCUT2D eigenvalue weighted by atomic mass is 10.0. The summed E-state index contributed by atoms with van der Waals surface area (Å²) in [7, 11) is 0. The van der Waals surface area contributed by atoms with Crippen molar-refractivity contribution in [3.05, 3.63) is 29.6 Å². The van der Waals surface area contributed by atoms with Gasteiger partial charge < -0.3 is 14.7 Å². The normalized spacial score (nSPS) is 20.0. The molecule has 4 nitrogen and oxygen atoms in total. The molecule has 2 rings (SSSR count). The van der Waals surface area contributed by atoms with Gasteiger partial charge in [-0.05, 0) is 38.0 Å². The SMILES string of the molecule is Cc1ccc(F)c(OCC(=O)N2CCC(C(C)O)C2)c1. The summed E-state index contributed by atoms with van der Waals surface area (Å²) in [5.74, 6) is -0.417. The lowest BCUT2D eigenvalue weighted by molar-refractivity contribution is -0.132. The number of carbonyl (C=O) groups is 1. The summed E-state index contributed by atoms with van der Waals surface area (Å²) in [5, 5.41) is 9.51. The molecule has 1 aromatic carbocycles. The van der Waals surface area contributed by atoms with E-state index in [-0.39, 0.29) is 24.2 Å². The highest BCUT2D eigenvalue weighted by atomic mass is 19.1. The maximum Gasteiger partial charge on any atom is 0.260 e. The molecule has 0 spiro atoms. The minimum absolute atomic E-state index is 0.102. The number of hydrogen-bond donors (Lipinski definition) is 1. The lowest BCUT2D eigenvalue weighted by Gasteiger charge is -2.18. The van der Waals surface area contributed by atoms with E-state index in [1.54, 1.807) is 24.0 Å². The van der Waals surface area contributed by atoms with Gasteiger partial charge in [-0.15, -0.1) is 0 Å². The van der Waals surface area contributed by atoms with Crippen molar-refractivity contribution in [2.45, 2.75) is 26.4 Å². The highest BCUT2D eigenvalue weighted by Crippen LogP contribution is 2.21. The molecule has 0 aliphatic carbocycles. The molecule has 0 aromatic heterocycles. The second-order valence-electron chi connectivity index (χ2n) is 5.35. The molecule has 1 aromatic rings. The summed E-state index contributed by atoms with van der Waals surface area (Å²) in [6, 6.07) is 4.55. The van der Waals surface area contributed by atoms with E-state index in [4.69, 9.17) is 4.74 Å². The van der Waals surface area contributed by atoms with Gasteiger partial charge in [0.1, 0.15) is 0 Å². The first-order valence-electron chi connectivity index (χ1n) is 6.82. The van der Waals surface area contributed by atoms with Crippen LogP contribution in [0.25, 0.3) is 0 Å². The molecule has 1 saturated heterocycles. The zero-order chi connectivity index (χ0) is 14.7. The number of ether oxygens (including phenoxy) is 1. The van der Waals surface area contributed by atoms with E-state index in [1.165, 1.54) is 6.07 Å². The van der Waals surface area contributed by atoms with Gasteiger partial charge in [0.25, 0.3) is 5.91 Å². The van der Waals surface area contributed by atoms with Crippen LogP contribution in [0, 0.1) is 18.7 Å². The molecule has 0 radical (unpaired) electrons. The molecular weight excluding hydrogens is 261 g/mol. The number of aryl methyl sites for hydroxylation is 1. The van der Waals surface area contributed by atoms with E-state index in [2.05, 4.69) is 0 Å². The van der Waals surface area contributed by atoms with E-state index in [0.29, 0.717) is 13.1 Å². The third kappa shape index (κ3) is 3.48. The molecule has 1 aliphatic heterocycles. The van der Waals surface area contributed by atoms with E-state index in [1.807, 2.05) is 6.92 Å². The number of rotatable bonds is 4. The van der Waals surface area contributed by atoms with Crippen molar-refractivity contribution in [3.63, 3.8) is 0 Å². The number of hydrogen-bond acceptors (Lipinski definition) is 3. The Morgan fingerprint density at radius 1 is 1.60 bits per heavy atom. The van der Waals surface area contributed by atoms with Crippen LogP contribution in [0.5, 0.6) is 5.75 Å². The summed E-state index contributed by atoms with van der Waals surface area (Å²) >= 11 is 0. The summed E-state index contributed by atoms with van der Waals surface area (Å²) in [4.78, 5) is 13.6. The standard InChI is InChI=1S/C15H20FNO3/c1-10-3-4-13(16)14(7-10)20-9-15(19)17-6-5-12(8-17)11(2)18/h3-4,7,11-12,18H,5-6,8-9H2,1-2H3. The average molecular weight is 281 g/mol. The highest BCUT2D eigenvalue weighted by molar-refractivity contribution is 5.78. The fraction of sp³-hybridized carbons (Fsp3) is 0.533. The molecule has 2 unspecified atom stereocenters. The summed E-state index contributed by atoms with van der Waals surface area (Å²) < 4.78 is 18.7.